The van der Waals surface area contributed by atoms with Crippen molar-refractivity contribution in [1.82, 2.24) is 5.32 Å². The molecule has 0 aromatic heterocycles. The third kappa shape index (κ3) is 4.53. The minimum Gasteiger partial charge on any atom is -0.486 e. The molecule has 1 heterocycles. The molecule has 5 nitrogen and oxygen atoms in total. The number of anilines is 1. The van der Waals surface area contributed by atoms with Crippen molar-refractivity contribution in [2.24, 2.45) is 0 Å². The lowest BCUT2D eigenvalue weighted by Gasteiger charge is -2.25. The normalized spacial score (nSPS) is 12.8. The van der Waals surface area contributed by atoms with Crippen LogP contribution < -0.4 is 19.7 Å². The molecule has 0 saturated heterocycles. The topological polar surface area (TPSA) is 50.8 Å². The van der Waals surface area contributed by atoms with Crippen LogP contribution in [0.1, 0.15) is 5.56 Å². The Kier molecular flexibility index (Phi) is 5.57. The number of hydrogen-bond acceptors (Lipinski definition) is 4. The van der Waals surface area contributed by atoms with E-state index in [2.05, 4.69) is 17.5 Å². The molecule has 0 radical (unpaired) electrons. The van der Waals surface area contributed by atoms with Gasteiger partial charge in [-0.1, -0.05) is 42.5 Å². The summed E-state index contributed by atoms with van der Waals surface area (Å²) in [5.74, 6) is 1.43. The third-order valence-corrected chi connectivity index (χ3v) is 3.94. The van der Waals surface area contributed by atoms with Crippen LogP contribution >= 0.6 is 0 Å². The van der Waals surface area contributed by atoms with E-state index in [0.29, 0.717) is 19.8 Å². The fourth-order valence-electron chi connectivity index (χ4n) is 2.62. The smallest absolute Gasteiger partial charge is 0.239 e. The van der Waals surface area contributed by atoms with Gasteiger partial charge in [-0.2, -0.15) is 0 Å². The zero-order valence-corrected chi connectivity index (χ0v) is 14.3. The Bertz CT molecular complexity index is 744. The number of carbonyl (C=O) groups is 1. The summed E-state index contributed by atoms with van der Waals surface area (Å²) < 4.78 is 11.2. The molecule has 1 aliphatic heterocycles. The maximum Gasteiger partial charge on any atom is 0.239 e. The van der Waals surface area contributed by atoms with Crippen molar-refractivity contribution < 1.29 is 14.3 Å². The molecule has 0 saturated carbocycles. The van der Waals surface area contributed by atoms with E-state index in [1.165, 1.54) is 0 Å². The molecule has 5 heteroatoms. The van der Waals surface area contributed by atoms with Gasteiger partial charge in [0, 0.05) is 25.3 Å². The quantitative estimate of drug-likeness (QED) is 0.880. The highest BCUT2D eigenvalue weighted by molar-refractivity contribution is 5.81. The Balaban J connectivity index is 1.77. The standard InChI is InChI=1S/C20H22N2O3/c1-21-20(23)15-22(11-5-8-16-6-3-2-4-7-16)17-9-10-18-19(14-17)25-13-12-24-18/h2-10,14H,11-13,15H2,1H3,(H,21,23)/b8-5+. The summed E-state index contributed by atoms with van der Waals surface area (Å²) in [6, 6.07) is 15.9. The van der Waals surface area contributed by atoms with Crippen molar-refractivity contribution in [3.8, 4) is 11.5 Å². The zero-order chi connectivity index (χ0) is 17.5. The molecular formula is C20H22N2O3. The largest absolute Gasteiger partial charge is 0.486 e. The maximum atomic E-state index is 11.9. The SMILES string of the molecule is CNC(=O)CN(C/C=C/c1ccccc1)c1ccc2c(c1)OCCO2. The molecule has 1 amide bonds. The summed E-state index contributed by atoms with van der Waals surface area (Å²) in [6.45, 7) is 1.99. The van der Waals surface area contributed by atoms with E-state index in [4.69, 9.17) is 9.47 Å². The fraction of sp³-hybridized carbons (Fsp3) is 0.250. The van der Waals surface area contributed by atoms with Crippen LogP contribution in [0.15, 0.2) is 54.6 Å². The molecule has 2 aromatic rings. The monoisotopic (exact) mass is 338 g/mol. The molecule has 130 valence electrons. The highest BCUT2D eigenvalue weighted by atomic mass is 16.6. The lowest BCUT2D eigenvalue weighted by molar-refractivity contribution is -0.119. The van der Waals surface area contributed by atoms with Gasteiger partial charge in [0.05, 0.1) is 6.54 Å². The van der Waals surface area contributed by atoms with E-state index >= 15 is 0 Å². The second kappa shape index (κ2) is 8.24. The number of carbonyl (C=O) groups excluding carboxylic acids is 1. The van der Waals surface area contributed by atoms with E-state index in [9.17, 15) is 4.79 Å². The summed E-state index contributed by atoms with van der Waals surface area (Å²) in [5.41, 5.74) is 2.05. The van der Waals surface area contributed by atoms with Gasteiger partial charge in [0.2, 0.25) is 5.91 Å². The number of likely N-dealkylation sites (N-methyl/N-ethyl adjacent to an activating group) is 1. The first-order valence-corrected chi connectivity index (χ1v) is 8.33. The number of nitrogens with one attached hydrogen (secondary N) is 1. The maximum absolute atomic E-state index is 11.9. The summed E-state index contributed by atoms with van der Waals surface area (Å²) in [6.07, 6.45) is 4.10. The average Bonchev–Trinajstić information content (AvgIpc) is 2.67. The predicted molar refractivity (Wildman–Crippen MR) is 99.2 cm³/mol. The summed E-state index contributed by atoms with van der Waals surface area (Å²) in [5, 5.41) is 2.68. The Morgan fingerprint density at radius 2 is 1.88 bits per heavy atom. The number of nitrogens with zero attached hydrogens (tertiary/aromatic N) is 1. The molecule has 0 unspecified atom stereocenters. The van der Waals surface area contributed by atoms with Crippen LogP contribution in [0.5, 0.6) is 11.5 Å². The van der Waals surface area contributed by atoms with Gasteiger partial charge in [-0.05, 0) is 17.7 Å². The van der Waals surface area contributed by atoms with Crippen molar-refractivity contribution in [2.45, 2.75) is 0 Å². The second-order valence-corrected chi connectivity index (χ2v) is 5.69. The number of benzene rings is 2. The molecular weight excluding hydrogens is 316 g/mol. The first kappa shape index (κ1) is 16.9. The van der Waals surface area contributed by atoms with Gasteiger partial charge in [0.15, 0.2) is 11.5 Å². The molecule has 1 aliphatic rings. The van der Waals surface area contributed by atoms with Gasteiger partial charge in [0.1, 0.15) is 13.2 Å². The first-order chi connectivity index (χ1) is 12.3. The summed E-state index contributed by atoms with van der Waals surface area (Å²) in [4.78, 5) is 13.9. The number of amides is 1. The summed E-state index contributed by atoms with van der Waals surface area (Å²) in [7, 11) is 1.64. The van der Waals surface area contributed by atoms with Gasteiger partial charge >= 0.3 is 0 Å². The Labute approximate surface area is 147 Å². The number of rotatable bonds is 6. The lowest BCUT2D eigenvalue weighted by Crippen LogP contribution is -2.35. The van der Waals surface area contributed by atoms with Crippen LogP contribution in [-0.2, 0) is 4.79 Å². The van der Waals surface area contributed by atoms with E-state index < -0.39 is 0 Å². The molecule has 0 fully saturated rings. The van der Waals surface area contributed by atoms with Crippen molar-refractivity contribution >= 4 is 17.7 Å². The number of fused-ring (bicyclic) bond motifs is 1. The van der Waals surface area contributed by atoms with Crippen LogP contribution in [0, 0.1) is 0 Å². The van der Waals surface area contributed by atoms with Crippen LogP contribution in [0.2, 0.25) is 0 Å². The Hall–Kier alpha value is -2.95. The first-order valence-electron chi connectivity index (χ1n) is 8.33. The third-order valence-electron chi connectivity index (χ3n) is 3.94. The van der Waals surface area contributed by atoms with Gasteiger partial charge in [0.25, 0.3) is 0 Å². The van der Waals surface area contributed by atoms with Crippen molar-refractivity contribution in [3.05, 3.63) is 60.2 Å². The van der Waals surface area contributed by atoms with Crippen molar-refractivity contribution in [3.63, 3.8) is 0 Å². The highest BCUT2D eigenvalue weighted by Gasteiger charge is 2.15. The molecule has 0 atom stereocenters. The molecule has 3 rings (SSSR count). The zero-order valence-electron chi connectivity index (χ0n) is 14.3. The molecule has 0 spiro atoms. The molecule has 0 bridgehead atoms. The average molecular weight is 338 g/mol. The summed E-state index contributed by atoms with van der Waals surface area (Å²) >= 11 is 0. The number of ether oxygens (including phenoxy) is 2. The van der Waals surface area contributed by atoms with Crippen molar-refractivity contribution in [2.75, 3.05) is 38.3 Å². The predicted octanol–water partition coefficient (Wildman–Crippen LogP) is 2.72. The number of hydrogen-bond donors (Lipinski definition) is 1. The fourth-order valence-corrected chi connectivity index (χ4v) is 2.62. The van der Waals surface area contributed by atoms with Gasteiger partial charge in [-0.15, -0.1) is 0 Å². The van der Waals surface area contributed by atoms with E-state index in [1.807, 2.05) is 53.4 Å². The molecule has 0 aliphatic carbocycles. The van der Waals surface area contributed by atoms with Crippen LogP contribution in [0.4, 0.5) is 5.69 Å². The minimum absolute atomic E-state index is 0.0389. The lowest BCUT2D eigenvalue weighted by atomic mass is 10.2. The Morgan fingerprint density at radius 1 is 1.12 bits per heavy atom. The van der Waals surface area contributed by atoms with Gasteiger partial charge < -0.3 is 19.7 Å². The Morgan fingerprint density at radius 3 is 2.64 bits per heavy atom. The molecule has 2 aromatic carbocycles. The van der Waals surface area contributed by atoms with E-state index in [-0.39, 0.29) is 12.5 Å². The minimum atomic E-state index is -0.0389. The van der Waals surface area contributed by atoms with Gasteiger partial charge in [-0.25, -0.2) is 0 Å². The van der Waals surface area contributed by atoms with Crippen LogP contribution in [0.3, 0.4) is 0 Å². The van der Waals surface area contributed by atoms with Crippen molar-refractivity contribution in [1.29, 1.82) is 0 Å². The van der Waals surface area contributed by atoms with E-state index in [0.717, 1.165) is 22.7 Å². The van der Waals surface area contributed by atoms with E-state index in [1.54, 1.807) is 7.05 Å². The van der Waals surface area contributed by atoms with Crippen LogP contribution in [-0.4, -0.2) is 39.3 Å². The molecule has 25 heavy (non-hydrogen) atoms. The molecule has 1 N–H and O–H groups in total. The van der Waals surface area contributed by atoms with Gasteiger partial charge in [-0.3, -0.25) is 4.79 Å². The highest BCUT2D eigenvalue weighted by Crippen LogP contribution is 2.33. The van der Waals surface area contributed by atoms with Crippen LogP contribution in [0.25, 0.3) is 6.08 Å². The second-order valence-electron chi connectivity index (χ2n) is 5.69.